The minimum atomic E-state index is 0. The molecule has 3 atom stereocenters. The first-order valence-electron chi connectivity index (χ1n) is 11.6. The van der Waals surface area contributed by atoms with Crippen molar-refractivity contribution in [3.63, 3.8) is 0 Å². The fourth-order valence-electron chi connectivity index (χ4n) is 5.49. The van der Waals surface area contributed by atoms with Gasteiger partial charge >= 0.3 is 6.03 Å². The van der Waals surface area contributed by atoms with E-state index in [0.717, 1.165) is 31.6 Å². The fourth-order valence-corrected chi connectivity index (χ4v) is 5.49. The number of rotatable bonds is 3. The summed E-state index contributed by atoms with van der Waals surface area (Å²) in [5.74, 6) is 0.397. The number of urea groups is 1. The average Bonchev–Trinajstić information content (AvgIpc) is 2.85. The van der Waals surface area contributed by atoms with E-state index < -0.39 is 0 Å². The Hall–Kier alpha value is -2.82. The maximum Gasteiger partial charge on any atom is 0.324 e. The van der Waals surface area contributed by atoms with Gasteiger partial charge < -0.3 is 4.90 Å². The second-order valence-electron chi connectivity index (χ2n) is 9.16. The summed E-state index contributed by atoms with van der Waals surface area (Å²) in [6.45, 7) is 2.03. The Morgan fingerprint density at radius 3 is 2.12 bits per heavy atom. The van der Waals surface area contributed by atoms with Crippen molar-refractivity contribution in [3.8, 4) is 0 Å². The summed E-state index contributed by atoms with van der Waals surface area (Å²) in [5, 5.41) is 0. The number of nitrogens with zero attached hydrogens (tertiary/aromatic N) is 3. The molecule has 0 aromatic heterocycles. The molecule has 3 aromatic carbocycles. The maximum atomic E-state index is 13.2. The van der Waals surface area contributed by atoms with Gasteiger partial charge in [-0.25, -0.2) is 4.79 Å². The minimum Gasteiger partial charge on any atom is -0.330 e. The normalized spacial score (nSPS) is 21.8. The van der Waals surface area contributed by atoms with Crippen molar-refractivity contribution in [3.05, 3.63) is 102 Å². The van der Waals surface area contributed by atoms with Gasteiger partial charge in [0, 0.05) is 50.9 Å². The molecule has 5 rings (SSSR count). The minimum absolute atomic E-state index is 0. The zero-order valence-corrected chi connectivity index (χ0v) is 20.1. The highest BCUT2D eigenvalue weighted by molar-refractivity contribution is 5.92. The van der Waals surface area contributed by atoms with Gasteiger partial charge in [-0.2, -0.15) is 0 Å². The molecule has 2 aliphatic rings. The molecule has 0 unspecified atom stereocenters. The maximum absolute atomic E-state index is 13.2. The lowest BCUT2D eigenvalue weighted by atomic mass is 9.77. The fraction of sp³-hybridized carbons (Fsp3) is 0.321. The highest BCUT2D eigenvalue weighted by atomic mass is 35.5. The molecule has 0 radical (unpaired) electrons. The lowest BCUT2D eigenvalue weighted by Crippen LogP contribution is -2.53. The van der Waals surface area contributed by atoms with E-state index in [4.69, 9.17) is 0 Å². The van der Waals surface area contributed by atoms with E-state index in [1.807, 2.05) is 49.3 Å². The topological polar surface area (TPSA) is 26.8 Å². The predicted molar refractivity (Wildman–Crippen MR) is 137 cm³/mol. The zero-order valence-electron chi connectivity index (χ0n) is 19.3. The van der Waals surface area contributed by atoms with Crippen LogP contribution in [0.5, 0.6) is 0 Å². The van der Waals surface area contributed by atoms with Crippen LogP contribution >= 0.6 is 12.4 Å². The molecular formula is C28H32ClN3O. The van der Waals surface area contributed by atoms with Crippen molar-refractivity contribution >= 4 is 24.1 Å². The third kappa shape index (κ3) is 4.50. The quantitative estimate of drug-likeness (QED) is 0.482. The van der Waals surface area contributed by atoms with Gasteiger partial charge in [0.2, 0.25) is 0 Å². The van der Waals surface area contributed by atoms with Gasteiger partial charge in [-0.15, -0.1) is 12.4 Å². The molecule has 4 nitrogen and oxygen atoms in total. The van der Waals surface area contributed by atoms with E-state index in [9.17, 15) is 4.79 Å². The van der Waals surface area contributed by atoms with Crippen molar-refractivity contribution < 1.29 is 4.79 Å². The third-order valence-electron chi connectivity index (χ3n) is 7.02. The van der Waals surface area contributed by atoms with Gasteiger partial charge in [0.25, 0.3) is 0 Å². The van der Waals surface area contributed by atoms with Gasteiger partial charge in [0.05, 0.1) is 0 Å². The molecule has 5 heteroatoms. The number of para-hydroxylation sites is 1. The molecule has 3 aromatic rings. The number of amides is 2. The smallest absolute Gasteiger partial charge is 0.324 e. The van der Waals surface area contributed by atoms with Crippen LogP contribution in [0.25, 0.3) is 0 Å². The van der Waals surface area contributed by atoms with Gasteiger partial charge in [-0.3, -0.25) is 9.80 Å². The first-order valence-corrected chi connectivity index (χ1v) is 11.6. The molecule has 33 heavy (non-hydrogen) atoms. The third-order valence-corrected chi connectivity index (χ3v) is 7.02. The summed E-state index contributed by atoms with van der Waals surface area (Å²) in [7, 11) is 3.68. The van der Waals surface area contributed by atoms with Crippen LogP contribution in [0.4, 0.5) is 10.5 Å². The van der Waals surface area contributed by atoms with Gasteiger partial charge in [-0.05, 0) is 41.7 Å². The predicted octanol–water partition coefficient (Wildman–Crippen LogP) is 5.95. The molecule has 0 N–H and O–H groups in total. The van der Waals surface area contributed by atoms with Crippen LogP contribution in [-0.4, -0.2) is 49.1 Å². The number of hydrogen-bond donors (Lipinski definition) is 0. The average molecular weight is 462 g/mol. The number of hydrogen-bond acceptors (Lipinski definition) is 2. The van der Waals surface area contributed by atoms with Crippen LogP contribution in [0.2, 0.25) is 0 Å². The van der Waals surface area contributed by atoms with E-state index in [1.165, 1.54) is 16.7 Å². The van der Waals surface area contributed by atoms with E-state index >= 15 is 0 Å². The molecule has 0 saturated carbocycles. The first kappa shape index (κ1) is 23.3. The van der Waals surface area contributed by atoms with Crippen molar-refractivity contribution in [2.75, 3.05) is 32.1 Å². The summed E-state index contributed by atoms with van der Waals surface area (Å²) >= 11 is 0. The summed E-state index contributed by atoms with van der Waals surface area (Å²) in [4.78, 5) is 19.6. The number of carbonyl (C=O) groups is 1. The number of fused-ring (bicyclic) bond motifs is 3. The molecule has 172 valence electrons. The molecule has 0 bridgehead atoms. The molecule has 2 amide bonds. The van der Waals surface area contributed by atoms with Crippen LogP contribution in [0.3, 0.4) is 0 Å². The Morgan fingerprint density at radius 1 is 0.848 bits per heavy atom. The molecule has 2 heterocycles. The molecule has 1 saturated heterocycles. The van der Waals surface area contributed by atoms with E-state index in [2.05, 4.69) is 59.5 Å². The standard InChI is InChI=1S/C28H31N3O.ClH/c1-29(2)28(32)31(22-13-7-4-8-14-22)23-17-18-30-20-26(21-11-5-3-6-12-21)24-15-9-10-16-25(24)27(30)19-23;/h3-16,23,26-27H,17-20H2,1-2H3;1H/t23-,26-,27-;/m0./s1. The second-order valence-corrected chi connectivity index (χ2v) is 9.16. The number of benzene rings is 3. The van der Waals surface area contributed by atoms with Crippen LogP contribution in [0.1, 0.15) is 41.5 Å². The summed E-state index contributed by atoms with van der Waals surface area (Å²) < 4.78 is 0. The van der Waals surface area contributed by atoms with Crippen LogP contribution in [0, 0.1) is 0 Å². The summed E-state index contributed by atoms with van der Waals surface area (Å²) in [5.41, 5.74) is 5.22. The van der Waals surface area contributed by atoms with Crippen LogP contribution in [-0.2, 0) is 0 Å². The zero-order chi connectivity index (χ0) is 22.1. The molecule has 0 spiro atoms. The van der Waals surface area contributed by atoms with Crippen LogP contribution < -0.4 is 4.90 Å². The second kappa shape index (κ2) is 9.98. The van der Waals surface area contributed by atoms with Crippen molar-refractivity contribution in [2.24, 2.45) is 0 Å². The number of carbonyl (C=O) groups excluding carboxylic acids is 1. The van der Waals surface area contributed by atoms with E-state index in [0.29, 0.717) is 12.0 Å². The number of halogens is 1. The molecule has 0 aliphatic carbocycles. The molecule has 1 fully saturated rings. The monoisotopic (exact) mass is 461 g/mol. The molecule has 2 aliphatic heterocycles. The summed E-state index contributed by atoms with van der Waals surface area (Å²) in [6, 6.07) is 30.5. The van der Waals surface area contributed by atoms with Crippen molar-refractivity contribution in [1.82, 2.24) is 9.80 Å². The number of anilines is 1. The van der Waals surface area contributed by atoms with E-state index in [-0.39, 0.29) is 24.5 Å². The van der Waals surface area contributed by atoms with Gasteiger partial charge in [0.15, 0.2) is 0 Å². The SMILES string of the molecule is CN(C)C(=O)N(c1ccccc1)[C@H]1CCN2C[C@@H](c3ccccc3)c3ccccc3[C@@H]2C1.Cl. The largest absolute Gasteiger partial charge is 0.330 e. The van der Waals surface area contributed by atoms with Crippen molar-refractivity contribution in [1.29, 1.82) is 0 Å². The molecular weight excluding hydrogens is 430 g/mol. The Bertz CT molecular complexity index is 1070. The number of piperidine rings is 1. The first-order chi connectivity index (χ1) is 15.6. The van der Waals surface area contributed by atoms with Crippen molar-refractivity contribution in [2.45, 2.75) is 30.8 Å². The Labute approximate surface area is 203 Å². The summed E-state index contributed by atoms with van der Waals surface area (Å²) in [6.07, 6.45) is 1.93. The van der Waals surface area contributed by atoms with Crippen LogP contribution in [0.15, 0.2) is 84.9 Å². The Kier molecular flexibility index (Phi) is 7.06. The lowest BCUT2D eigenvalue weighted by molar-refractivity contribution is 0.116. The Balaban J connectivity index is 0.00000259. The van der Waals surface area contributed by atoms with Gasteiger partial charge in [0.1, 0.15) is 0 Å². The lowest BCUT2D eigenvalue weighted by Gasteiger charge is -2.48. The Morgan fingerprint density at radius 2 is 1.45 bits per heavy atom. The van der Waals surface area contributed by atoms with Gasteiger partial charge in [-0.1, -0.05) is 72.8 Å². The highest BCUT2D eigenvalue weighted by Gasteiger charge is 2.40. The highest BCUT2D eigenvalue weighted by Crippen LogP contribution is 2.44. The van der Waals surface area contributed by atoms with E-state index in [1.54, 1.807) is 4.90 Å².